The van der Waals surface area contributed by atoms with Crippen LogP contribution in [0.2, 0.25) is 0 Å². The topological polar surface area (TPSA) is 35.5 Å². The highest BCUT2D eigenvalue weighted by Gasteiger charge is 2.37. The van der Waals surface area contributed by atoms with E-state index in [2.05, 4.69) is 0 Å². The minimum Gasteiger partial charge on any atom is -0.460 e. The Balaban J connectivity index is 1.88. The lowest BCUT2D eigenvalue weighted by molar-refractivity contribution is -0.168. The van der Waals surface area contributed by atoms with Crippen LogP contribution >= 0.6 is 0 Å². The number of rotatable bonds is 2. The van der Waals surface area contributed by atoms with Crippen LogP contribution in [0.15, 0.2) is 12.2 Å². The van der Waals surface area contributed by atoms with Gasteiger partial charge in [0, 0.05) is 0 Å². The van der Waals surface area contributed by atoms with Crippen molar-refractivity contribution >= 4 is 5.97 Å². The van der Waals surface area contributed by atoms with Crippen LogP contribution in [0.1, 0.15) is 39.0 Å². The average Bonchev–Trinajstić information content (AvgIpc) is 2.68. The predicted octanol–water partition coefficient (Wildman–Crippen LogP) is 2.21. The summed E-state index contributed by atoms with van der Waals surface area (Å²) in [7, 11) is 0. The van der Waals surface area contributed by atoms with E-state index in [1.807, 2.05) is 6.08 Å². The second-order valence-electron chi connectivity index (χ2n) is 4.49. The number of esters is 1. The number of hydrogen-bond donors (Lipinski definition) is 0. The molecule has 0 aromatic heterocycles. The van der Waals surface area contributed by atoms with Crippen molar-refractivity contribution in [2.24, 2.45) is 0 Å². The quantitative estimate of drug-likeness (QED) is 0.518. The van der Waals surface area contributed by atoms with Gasteiger partial charge in [-0.1, -0.05) is 12.5 Å². The fourth-order valence-corrected chi connectivity index (χ4v) is 2.12. The van der Waals surface area contributed by atoms with Gasteiger partial charge in [0.05, 0.1) is 6.61 Å². The van der Waals surface area contributed by atoms with E-state index < -0.39 is 5.60 Å². The maximum atomic E-state index is 11.8. The molecule has 1 aliphatic carbocycles. The minimum atomic E-state index is -0.836. The molecule has 1 unspecified atom stereocenters. The fourth-order valence-electron chi connectivity index (χ4n) is 2.12. The van der Waals surface area contributed by atoms with E-state index in [0.29, 0.717) is 6.61 Å². The normalized spacial score (nSPS) is 31.8. The molecule has 1 fully saturated rings. The molecule has 0 aromatic rings. The third-order valence-electron chi connectivity index (χ3n) is 3.15. The van der Waals surface area contributed by atoms with Crippen LogP contribution in [0, 0.1) is 0 Å². The molecule has 1 aliphatic heterocycles. The van der Waals surface area contributed by atoms with Gasteiger partial charge in [0.1, 0.15) is 6.10 Å². The van der Waals surface area contributed by atoms with Gasteiger partial charge in [-0.15, -0.1) is 0 Å². The molecule has 3 heteroatoms. The van der Waals surface area contributed by atoms with Crippen molar-refractivity contribution in [2.45, 2.75) is 50.7 Å². The minimum absolute atomic E-state index is 0.112. The van der Waals surface area contributed by atoms with Gasteiger partial charge in [-0.3, -0.25) is 0 Å². The van der Waals surface area contributed by atoms with Crippen LogP contribution in [0.5, 0.6) is 0 Å². The summed E-state index contributed by atoms with van der Waals surface area (Å²) in [6.45, 7) is 2.28. The smallest absolute Gasteiger partial charge is 0.342 e. The Bertz CT molecular complexity index is 266. The fraction of sp³-hybridized carbons (Fsp3) is 0.750. The molecule has 84 valence electrons. The van der Waals surface area contributed by atoms with Crippen molar-refractivity contribution < 1.29 is 14.3 Å². The van der Waals surface area contributed by atoms with Crippen LogP contribution in [0.3, 0.4) is 0 Å². The van der Waals surface area contributed by atoms with Crippen LogP contribution < -0.4 is 0 Å². The Morgan fingerprint density at radius 3 is 2.73 bits per heavy atom. The highest BCUT2D eigenvalue weighted by Crippen LogP contribution is 2.25. The molecule has 0 spiro atoms. The van der Waals surface area contributed by atoms with Gasteiger partial charge in [-0.05, 0) is 38.7 Å². The van der Waals surface area contributed by atoms with E-state index in [9.17, 15) is 4.79 Å². The van der Waals surface area contributed by atoms with Crippen molar-refractivity contribution in [1.82, 2.24) is 0 Å². The lowest BCUT2D eigenvalue weighted by Gasteiger charge is -2.26. The number of carbonyl (C=O) groups excluding carboxylic acids is 1. The van der Waals surface area contributed by atoms with E-state index in [1.165, 1.54) is 19.3 Å². The van der Waals surface area contributed by atoms with Gasteiger partial charge in [-0.25, -0.2) is 4.79 Å². The molecule has 1 saturated carbocycles. The highest BCUT2D eigenvalue weighted by atomic mass is 16.6. The first-order chi connectivity index (χ1) is 7.21. The zero-order valence-corrected chi connectivity index (χ0v) is 9.20. The number of carbonyl (C=O) groups is 1. The van der Waals surface area contributed by atoms with Crippen LogP contribution in [-0.4, -0.2) is 24.3 Å². The summed E-state index contributed by atoms with van der Waals surface area (Å²) in [4.78, 5) is 11.8. The Morgan fingerprint density at radius 2 is 2.13 bits per heavy atom. The van der Waals surface area contributed by atoms with Crippen LogP contribution in [0.25, 0.3) is 0 Å². The van der Waals surface area contributed by atoms with Gasteiger partial charge < -0.3 is 9.47 Å². The van der Waals surface area contributed by atoms with E-state index >= 15 is 0 Å². The summed E-state index contributed by atoms with van der Waals surface area (Å²) in [5, 5.41) is 0. The molecular formula is C12H18O3. The molecule has 2 aliphatic rings. The van der Waals surface area contributed by atoms with Crippen molar-refractivity contribution in [3.63, 3.8) is 0 Å². The van der Waals surface area contributed by atoms with Gasteiger partial charge in [0.2, 0.25) is 0 Å². The maximum absolute atomic E-state index is 11.8. The summed E-state index contributed by atoms with van der Waals surface area (Å²) in [6, 6.07) is 0. The lowest BCUT2D eigenvalue weighted by atomic mass is 9.97. The van der Waals surface area contributed by atoms with Crippen molar-refractivity contribution in [2.75, 3.05) is 6.61 Å². The average molecular weight is 210 g/mol. The molecule has 0 radical (unpaired) electrons. The summed E-state index contributed by atoms with van der Waals surface area (Å²) in [6.07, 6.45) is 9.39. The first-order valence-electron chi connectivity index (χ1n) is 5.73. The first-order valence-corrected chi connectivity index (χ1v) is 5.73. The Hall–Kier alpha value is -0.830. The molecule has 1 heterocycles. The van der Waals surface area contributed by atoms with E-state index in [1.54, 1.807) is 13.0 Å². The van der Waals surface area contributed by atoms with E-state index in [4.69, 9.17) is 9.47 Å². The zero-order valence-electron chi connectivity index (χ0n) is 9.20. The molecule has 0 saturated heterocycles. The number of hydrogen-bond acceptors (Lipinski definition) is 3. The summed E-state index contributed by atoms with van der Waals surface area (Å²) >= 11 is 0. The van der Waals surface area contributed by atoms with E-state index in [-0.39, 0.29) is 12.1 Å². The molecule has 0 aromatic carbocycles. The van der Waals surface area contributed by atoms with Gasteiger partial charge in [0.25, 0.3) is 0 Å². The third kappa shape index (κ3) is 2.40. The van der Waals surface area contributed by atoms with Crippen molar-refractivity contribution in [3.8, 4) is 0 Å². The highest BCUT2D eigenvalue weighted by molar-refractivity contribution is 5.82. The predicted molar refractivity (Wildman–Crippen MR) is 56.5 cm³/mol. The lowest BCUT2D eigenvalue weighted by Crippen LogP contribution is -2.38. The maximum Gasteiger partial charge on any atom is 0.342 e. The van der Waals surface area contributed by atoms with Crippen molar-refractivity contribution in [1.29, 1.82) is 0 Å². The van der Waals surface area contributed by atoms with Crippen molar-refractivity contribution in [3.05, 3.63) is 12.2 Å². The monoisotopic (exact) mass is 210 g/mol. The summed E-state index contributed by atoms with van der Waals surface area (Å²) in [5.41, 5.74) is -0.836. The Kier molecular flexibility index (Phi) is 3.10. The summed E-state index contributed by atoms with van der Waals surface area (Å²) < 4.78 is 10.8. The zero-order chi connectivity index (χ0) is 10.7. The number of ether oxygens (including phenoxy) is 2. The standard InChI is InChI=1S/C12H18O3/c1-12(8-5-9-14-12)11(13)15-10-6-3-2-4-7-10/h5,8,10H,2-4,6-7,9H2,1H3. The van der Waals surface area contributed by atoms with Gasteiger partial charge in [0.15, 0.2) is 5.60 Å². The van der Waals surface area contributed by atoms with E-state index in [0.717, 1.165) is 12.8 Å². The first kappa shape index (κ1) is 10.7. The molecule has 0 bridgehead atoms. The second-order valence-corrected chi connectivity index (χ2v) is 4.49. The second kappa shape index (κ2) is 4.35. The molecule has 15 heavy (non-hydrogen) atoms. The largest absolute Gasteiger partial charge is 0.460 e. The SMILES string of the molecule is CC1(C(=O)OC2CCCCC2)C=CCO1. The molecular weight excluding hydrogens is 192 g/mol. The molecule has 1 atom stereocenters. The van der Waals surface area contributed by atoms with Gasteiger partial charge in [-0.2, -0.15) is 0 Å². The van der Waals surface area contributed by atoms with Crippen LogP contribution in [0.4, 0.5) is 0 Å². The molecule has 0 amide bonds. The summed E-state index contributed by atoms with van der Waals surface area (Å²) in [5.74, 6) is -0.233. The van der Waals surface area contributed by atoms with Crippen LogP contribution in [-0.2, 0) is 14.3 Å². The molecule has 0 N–H and O–H groups in total. The molecule has 3 nitrogen and oxygen atoms in total. The van der Waals surface area contributed by atoms with Gasteiger partial charge >= 0.3 is 5.97 Å². The Morgan fingerprint density at radius 1 is 1.40 bits per heavy atom. The Labute approximate surface area is 90.4 Å². The molecule has 2 rings (SSSR count). The third-order valence-corrected chi connectivity index (χ3v) is 3.15.